The molecule has 8 heteroatoms. The van der Waals surface area contributed by atoms with Gasteiger partial charge in [0.2, 0.25) is 5.91 Å². The number of aromatic nitrogens is 3. The van der Waals surface area contributed by atoms with Gasteiger partial charge in [-0.3, -0.25) is 9.89 Å². The fourth-order valence-corrected chi connectivity index (χ4v) is 3.58. The van der Waals surface area contributed by atoms with Crippen LogP contribution in [0.25, 0.3) is 11.4 Å². The zero-order valence-corrected chi connectivity index (χ0v) is 16.5. The molecular formula is C19H28ClN5O2. The van der Waals surface area contributed by atoms with Crippen molar-refractivity contribution in [3.8, 4) is 17.1 Å². The molecule has 0 radical (unpaired) electrons. The highest BCUT2D eigenvalue weighted by Crippen LogP contribution is 2.38. The molecule has 1 amide bonds. The number of H-pyrrole nitrogens is 1. The summed E-state index contributed by atoms with van der Waals surface area (Å²) in [5.41, 5.74) is 6.83. The van der Waals surface area contributed by atoms with Crippen molar-refractivity contribution in [2.45, 2.75) is 45.1 Å². The minimum atomic E-state index is -0.0298. The molecule has 1 aromatic heterocycles. The van der Waals surface area contributed by atoms with Crippen LogP contribution in [0.5, 0.6) is 5.75 Å². The molecule has 0 aliphatic heterocycles. The monoisotopic (exact) mass is 393 g/mol. The summed E-state index contributed by atoms with van der Waals surface area (Å²) in [6.07, 6.45) is 6.15. The smallest absolute Gasteiger partial charge is 0.220 e. The van der Waals surface area contributed by atoms with Gasteiger partial charge in [-0.25, -0.2) is 4.98 Å². The van der Waals surface area contributed by atoms with Crippen molar-refractivity contribution in [3.05, 3.63) is 30.1 Å². The topological polar surface area (TPSA) is 106 Å². The molecule has 4 N–H and O–H groups in total. The van der Waals surface area contributed by atoms with Gasteiger partial charge in [0.05, 0.1) is 13.7 Å². The van der Waals surface area contributed by atoms with Crippen LogP contribution in [-0.4, -0.2) is 34.7 Å². The van der Waals surface area contributed by atoms with Crippen LogP contribution in [0.1, 0.15) is 44.3 Å². The number of nitrogens with two attached hydrogens (primary N) is 1. The van der Waals surface area contributed by atoms with Gasteiger partial charge in [-0.15, -0.1) is 12.4 Å². The van der Waals surface area contributed by atoms with Crippen LogP contribution in [-0.2, 0) is 11.3 Å². The fourth-order valence-electron chi connectivity index (χ4n) is 3.58. The number of carbonyl (C=O) groups excluding carboxylic acids is 1. The second kappa shape index (κ2) is 9.71. The number of amides is 1. The Balaban J connectivity index is 0.00000261. The molecule has 1 fully saturated rings. The third-order valence-corrected chi connectivity index (χ3v) is 5.22. The molecule has 0 unspecified atom stereocenters. The lowest BCUT2D eigenvalue weighted by molar-refractivity contribution is -0.124. The number of methoxy groups -OCH3 is 1. The van der Waals surface area contributed by atoms with Crippen molar-refractivity contribution in [3.63, 3.8) is 0 Å². The van der Waals surface area contributed by atoms with Gasteiger partial charge >= 0.3 is 0 Å². The third kappa shape index (κ3) is 5.43. The molecule has 0 saturated heterocycles. The van der Waals surface area contributed by atoms with Crippen LogP contribution >= 0.6 is 12.4 Å². The zero-order valence-electron chi connectivity index (χ0n) is 15.7. The largest absolute Gasteiger partial charge is 0.497 e. The normalized spacial score (nSPS) is 15.6. The summed E-state index contributed by atoms with van der Waals surface area (Å²) in [6.45, 7) is 0.910. The summed E-state index contributed by atoms with van der Waals surface area (Å²) in [5, 5.41) is 10.0. The van der Waals surface area contributed by atoms with Gasteiger partial charge in [-0.05, 0) is 49.1 Å². The quantitative estimate of drug-likeness (QED) is 0.670. The second-order valence-corrected chi connectivity index (χ2v) is 7.05. The van der Waals surface area contributed by atoms with Crippen molar-refractivity contribution in [1.82, 2.24) is 20.5 Å². The molecule has 3 rings (SSSR count). The van der Waals surface area contributed by atoms with Crippen molar-refractivity contribution < 1.29 is 9.53 Å². The number of benzene rings is 1. The minimum Gasteiger partial charge on any atom is -0.497 e. The molecule has 0 bridgehead atoms. The van der Waals surface area contributed by atoms with Crippen molar-refractivity contribution >= 4 is 18.3 Å². The van der Waals surface area contributed by atoms with Crippen molar-refractivity contribution in [2.24, 2.45) is 11.1 Å². The molecule has 1 saturated carbocycles. The van der Waals surface area contributed by atoms with E-state index in [1.54, 1.807) is 7.11 Å². The minimum absolute atomic E-state index is 0. The van der Waals surface area contributed by atoms with E-state index in [4.69, 9.17) is 10.5 Å². The molecule has 1 aliphatic rings. The maximum Gasteiger partial charge on any atom is 0.220 e. The molecule has 0 atom stereocenters. The number of hydrogen-bond donors (Lipinski definition) is 3. The highest BCUT2D eigenvalue weighted by molar-refractivity contribution is 5.85. The number of ether oxygens (including phenoxy) is 1. The number of hydrogen-bond acceptors (Lipinski definition) is 5. The third-order valence-electron chi connectivity index (χ3n) is 5.22. The first-order valence-corrected chi connectivity index (χ1v) is 9.17. The van der Waals surface area contributed by atoms with Gasteiger partial charge in [0.15, 0.2) is 5.82 Å². The molecule has 1 aliphatic carbocycles. The van der Waals surface area contributed by atoms with Gasteiger partial charge in [0.1, 0.15) is 11.6 Å². The Hall–Kier alpha value is -2.12. The second-order valence-electron chi connectivity index (χ2n) is 7.05. The lowest BCUT2D eigenvalue weighted by Crippen LogP contribution is -2.38. The van der Waals surface area contributed by atoms with Crippen LogP contribution in [0.4, 0.5) is 0 Å². The summed E-state index contributed by atoms with van der Waals surface area (Å²) in [7, 11) is 1.63. The summed E-state index contributed by atoms with van der Waals surface area (Å²) < 4.78 is 5.15. The van der Waals surface area contributed by atoms with E-state index in [0.717, 1.165) is 37.0 Å². The zero-order chi connectivity index (χ0) is 18.4. The summed E-state index contributed by atoms with van der Waals surface area (Å²) in [6, 6.07) is 7.53. The number of aromatic amines is 1. The highest BCUT2D eigenvalue weighted by Gasteiger charge is 2.32. The lowest BCUT2D eigenvalue weighted by atomic mass is 9.71. The van der Waals surface area contributed by atoms with E-state index in [0.29, 0.717) is 31.2 Å². The van der Waals surface area contributed by atoms with Crippen LogP contribution in [0.15, 0.2) is 24.3 Å². The molecular weight excluding hydrogens is 366 g/mol. The Morgan fingerprint density at radius 1 is 1.26 bits per heavy atom. The maximum absolute atomic E-state index is 12.4. The number of carbonyl (C=O) groups is 1. The van der Waals surface area contributed by atoms with E-state index in [1.807, 2.05) is 24.3 Å². The summed E-state index contributed by atoms with van der Waals surface area (Å²) in [4.78, 5) is 16.8. The Bertz CT molecular complexity index is 726. The van der Waals surface area contributed by atoms with Crippen molar-refractivity contribution in [1.29, 1.82) is 0 Å². The molecule has 1 aromatic carbocycles. The van der Waals surface area contributed by atoms with Gasteiger partial charge in [-0.1, -0.05) is 19.3 Å². The van der Waals surface area contributed by atoms with Gasteiger partial charge in [0.25, 0.3) is 0 Å². The van der Waals surface area contributed by atoms with Gasteiger partial charge in [-0.2, -0.15) is 5.10 Å². The predicted molar refractivity (Wildman–Crippen MR) is 107 cm³/mol. The van der Waals surface area contributed by atoms with Crippen molar-refractivity contribution in [2.75, 3.05) is 13.7 Å². The standard InChI is InChI=1S/C19H27N5O2.ClH/c1-26-15-7-5-14(6-8-15)18-22-16(23-24-18)12-21-17(25)11-19(13-20)9-3-2-4-10-19;/h5-8H,2-4,9-13,20H2,1H3,(H,21,25)(H,22,23,24);1H. The molecule has 27 heavy (non-hydrogen) atoms. The Morgan fingerprint density at radius 2 is 1.96 bits per heavy atom. The predicted octanol–water partition coefficient (Wildman–Crippen LogP) is 2.82. The number of nitrogens with one attached hydrogen (secondary N) is 2. The van der Waals surface area contributed by atoms with E-state index < -0.39 is 0 Å². The maximum atomic E-state index is 12.4. The SMILES string of the molecule is COc1ccc(-c2n[nH]c(CNC(=O)CC3(CN)CCCCC3)n2)cc1.Cl. The van der Waals surface area contributed by atoms with Crippen LogP contribution in [0.2, 0.25) is 0 Å². The van der Waals surface area contributed by atoms with E-state index >= 15 is 0 Å². The van der Waals surface area contributed by atoms with E-state index in [2.05, 4.69) is 20.5 Å². The van der Waals surface area contributed by atoms with E-state index in [1.165, 1.54) is 6.42 Å². The number of rotatable bonds is 7. The number of halogens is 1. The Labute approximate surface area is 165 Å². The van der Waals surface area contributed by atoms with Crippen LogP contribution in [0, 0.1) is 5.41 Å². The fraction of sp³-hybridized carbons (Fsp3) is 0.526. The molecule has 7 nitrogen and oxygen atoms in total. The molecule has 1 heterocycles. The summed E-state index contributed by atoms with van der Waals surface area (Å²) in [5.74, 6) is 2.05. The first kappa shape index (κ1) is 21.2. The molecule has 0 spiro atoms. The Morgan fingerprint density at radius 3 is 2.59 bits per heavy atom. The summed E-state index contributed by atoms with van der Waals surface area (Å²) >= 11 is 0. The first-order chi connectivity index (χ1) is 12.6. The average molecular weight is 394 g/mol. The van der Waals surface area contributed by atoms with Gasteiger partial charge < -0.3 is 15.8 Å². The Kier molecular flexibility index (Phi) is 7.62. The van der Waals surface area contributed by atoms with E-state index in [-0.39, 0.29) is 23.7 Å². The lowest BCUT2D eigenvalue weighted by Gasteiger charge is -2.35. The van der Waals surface area contributed by atoms with Crippen LogP contribution in [0.3, 0.4) is 0 Å². The molecule has 2 aromatic rings. The highest BCUT2D eigenvalue weighted by atomic mass is 35.5. The number of nitrogens with zero attached hydrogens (tertiary/aromatic N) is 2. The first-order valence-electron chi connectivity index (χ1n) is 9.17. The average Bonchev–Trinajstić information content (AvgIpc) is 3.16. The molecule has 148 valence electrons. The van der Waals surface area contributed by atoms with Gasteiger partial charge in [0, 0.05) is 12.0 Å². The van der Waals surface area contributed by atoms with Crippen LogP contribution < -0.4 is 15.8 Å². The van der Waals surface area contributed by atoms with E-state index in [9.17, 15) is 4.79 Å².